The first-order valence-electron chi connectivity index (χ1n) is 5.54. The zero-order chi connectivity index (χ0) is 13.8. The molecule has 1 nitrogen and oxygen atoms in total. The molecule has 1 rings (SSSR count). The summed E-state index contributed by atoms with van der Waals surface area (Å²) in [5, 5.41) is 2.97. The fourth-order valence-electron chi connectivity index (χ4n) is 1.51. The maximum absolute atomic E-state index is 13.0. The number of hydrogen-bond donors (Lipinski definition) is 1. The van der Waals surface area contributed by atoms with Crippen LogP contribution in [0.4, 0.5) is 17.6 Å². The second-order valence-electron chi connectivity index (χ2n) is 4.07. The Morgan fingerprint density at radius 3 is 2.56 bits per heavy atom. The number of alkyl halides is 3. The van der Waals surface area contributed by atoms with Crippen molar-refractivity contribution in [3.8, 4) is 0 Å². The van der Waals surface area contributed by atoms with E-state index in [1.165, 1.54) is 6.07 Å². The Bertz CT molecular complexity index is 392. The molecule has 1 aromatic carbocycles. The summed E-state index contributed by atoms with van der Waals surface area (Å²) in [6, 6.07) is 4.45. The van der Waals surface area contributed by atoms with Gasteiger partial charge in [0, 0.05) is 12.5 Å². The van der Waals surface area contributed by atoms with Gasteiger partial charge in [0.05, 0.1) is 4.47 Å². The number of hydrogen-bond acceptors (Lipinski definition) is 1. The number of rotatable bonds is 5. The van der Waals surface area contributed by atoms with Gasteiger partial charge in [0.25, 0.3) is 0 Å². The Labute approximate surface area is 112 Å². The molecule has 6 heteroatoms. The highest BCUT2D eigenvalue weighted by Gasteiger charge is 2.25. The molecule has 0 fully saturated rings. The van der Waals surface area contributed by atoms with Gasteiger partial charge in [0.2, 0.25) is 0 Å². The van der Waals surface area contributed by atoms with E-state index in [0.717, 1.165) is 5.56 Å². The highest BCUT2D eigenvalue weighted by molar-refractivity contribution is 9.10. The van der Waals surface area contributed by atoms with Crippen molar-refractivity contribution in [3.05, 3.63) is 34.1 Å². The molecule has 0 saturated carbocycles. The molecule has 0 amide bonds. The van der Waals surface area contributed by atoms with Crippen LogP contribution in [0.25, 0.3) is 0 Å². The van der Waals surface area contributed by atoms with Crippen molar-refractivity contribution in [1.82, 2.24) is 5.32 Å². The second-order valence-corrected chi connectivity index (χ2v) is 4.92. The Balaban J connectivity index is 2.41. The van der Waals surface area contributed by atoms with E-state index < -0.39 is 12.6 Å². The van der Waals surface area contributed by atoms with Gasteiger partial charge < -0.3 is 5.32 Å². The Kier molecular flexibility index (Phi) is 5.59. The molecule has 0 aliphatic rings. The first-order valence-corrected chi connectivity index (χ1v) is 6.34. The summed E-state index contributed by atoms with van der Waals surface area (Å²) < 4.78 is 49.1. The zero-order valence-electron chi connectivity index (χ0n) is 9.82. The standard InChI is InChI=1S/C12H14BrF4N/c1-8(18-6-2-5-12(15,16)17)9-3-4-11(14)10(13)7-9/h3-4,7-8,18H,2,5-6H2,1H3. The number of benzene rings is 1. The lowest BCUT2D eigenvalue weighted by molar-refractivity contribution is -0.135. The van der Waals surface area contributed by atoms with Crippen LogP contribution in [0.1, 0.15) is 31.4 Å². The minimum absolute atomic E-state index is 0.0379. The van der Waals surface area contributed by atoms with Crippen LogP contribution in [-0.4, -0.2) is 12.7 Å². The van der Waals surface area contributed by atoms with E-state index in [9.17, 15) is 17.6 Å². The van der Waals surface area contributed by atoms with Crippen molar-refractivity contribution in [2.75, 3.05) is 6.54 Å². The van der Waals surface area contributed by atoms with Gasteiger partial charge in [0.1, 0.15) is 5.82 Å². The summed E-state index contributed by atoms with van der Waals surface area (Å²) in [6.07, 6.45) is -4.86. The molecule has 0 saturated heterocycles. The topological polar surface area (TPSA) is 12.0 Å². The summed E-state index contributed by atoms with van der Waals surface area (Å²) in [5.41, 5.74) is 0.829. The van der Waals surface area contributed by atoms with Gasteiger partial charge in [-0.25, -0.2) is 4.39 Å². The van der Waals surface area contributed by atoms with Crippen LogP contribution in [0.5, 0.6) is 0 Å². The SMILES string of the molecule is CC(NCCCC(F)(F)F)c1ccc(F)c(Br)c1. The maximum Gasteiger partial charge on any atom is 0.389 e. The van der Waals surface area contributed by atoms with Gasteiger partial charge in [0.15, 0.2) is 0 Å². The quantitative estimate of drug-likeness (QED) is 0.616. The average Bonchev–Trinajstić information content (AvgIpc) is 2.26. The summed E-state index contributed by atoms with van der Waals surface area (Å²) in [5.74, 6) is -0.358. The number of nitrogens with one attached hydrogen (secondary N) is 1. The first-order chi connectivity index (χ1) is 8.29. The minimum atomic E-state index is -4.11. The molecule has 1 unspecified atom stereocenters. The van der Waals surface area contributed by atoms with Crippen LogP contribution < -0.4 is 5.32 Å². The van der Waals surface area contributed by atoms with Crippen molar-refractivity contribution in [1.29, 1.82) is 0 Å². The lowest BCUT2D eigenvalue weighted by atomic mass is 10.1. The zero-order valence-corrected chi connectivity index (χ0v) is 11.4. The molecule has 1 N–H and O–H groups in total. The van der Waals surface area contributed by atoms with Crippen molar-refractivity contribution in [3.63, 3.8) is 0 Å². The molecule has 0 bridgehead atoms. The molecule has 0 aromatic heterocycles. The molecular weight excluding hydrogens is 314 g/mol. The third-order valence-electron chi connectivity index (χ3n) is 2.53. The maximum atomic E-state index is 13.0. The van der Waals surface area contributed by atoms with Gasteiger partial charge in [-0.2, -0.15) is 13.2 Å². The Morgan fingerprint density at radius 1 is 1.33 bits per heavy atom. The van der Waals surface area contributed by atoms with E-state index in [2.05, 4.69) is 21.2 Å². The molecule has 0 aliphatic carbocycles. The normalized spacial score (nSPS) is 13.7. The summed E-state index contributed by atoms with van der Waals surface area (Å²) in [7, 11) is 0. The molecule has 18 heavy (non-hydrogen) atoms. The van der Waals surface area contributed by atoms with E-state index >= 15 is 0 Å². The van der Waals surface area contributed by atoms with E-state index in [1.54, 1.807) is 12.1 Å². The molecule has 0 spiro atoms. The summed E-state index contributed by atoms with van der Waals surface area (Å²) in [4.78, 5) is 0. The lowest BCUT2D eigenvalue weighted by Crippen LogP contribution is -2.21. The monoisotopic (exact) mass is 327 g/mol. The Hall–Kier alpha value is -0.620. The molecule has 1 atom stereocenters. The van der Waals surface area contributed by atoms with Crippen LogP contribution >= 0.6 is 15.9 Å². The first kappa shape index (κ1) is 15.4. The summed E-state index contributed by atoms with van der Waals surface area (Å²) in [6.45, 7) is 2.10. The molecule has 0 heterocycles. The molecule has 102 valence electrons. The number of halogens is 5. The average molecular weight is 328 g/mol. The molecule has 0 aliphatic heterocycles. The van der Waals surface area contributed by atoms with E-state index in [1.807, 2.05) is 6.92 Å². The van der Waals surface area contributed by atoms with E-state index in [4.69, 9.17) is 0 Å². The van der Waals surface area contributed by atoms with E-state index in [-0.39, 0.29) is 24.8 Å². The van der Waals surface area contributed by atoms with Crippen molar-refractivity contribution < 1.29 is 17.6 Å². The van der Waals surface area contributed by atoms with Crippen LogP contribution in [0.3, 0.4) is 0 Å². The van der Waals surface area contributed by atoms with Gasteiger partial charge in [-0.1, -0.05) is 6.07 Å². The highest BCUT2D eigenvalue weighted by atomic mass is 79.9. The smallest absolute Gasteiger partial charge is 0.310 e. The van der Waals surface area contributed by atoms with Crippen LogP contribution in [0.15, 0.2) is 22.7 Å². The van der Waals surface area contributed by atoms with Gasteiger partial charge in [-0.05, 0) is 53.5 Å². The van der Waals surface area contributed by atoms with Crippen molar-refractivity contribution in [2.24, 2.45) is 0 Å². The predicted molar refractivity (Wildman–Crippen MR) is 65.8 cm³/mol. The van der Waals surface area contributed by atoms with Gasteiger partial charge >= 0.3 is 6.18 Å². The fourth-order valence-corrected chi connectivity index (χ4v) is 1.90. The van der Waals surface area contributed by atoms with Crippen LogP contribution in [0.2, 0.25) is 0 Å². The van der Waals surface area contributed by atoms with Crippen LogP contribution in [0, 0.1) is 5.82 Å². The predicted octanol–water partition coefficient (Wildman–Crippen LogP) is 4.58. The van der Waals surface area contributed by atoms with Gasteiger partial charge in [-0.3, -0.25) is 0 Å². The van der Waals surface area contributed by atoms with Crippen LogP contribution in [-0.2, 0) is 0 Å². The van der Waals surface area contributed by atoms with Gasteiger partial charge in [-0.15, -0.1) is 0 Å². The molecule has 1 aromatic rings. The molecule has 0 radical (unpaired) electrons. The largest absolute Gasteiger partial charge is 0.389 e. The van der Waals surface area contributed by atoms with Crippen molar-refractivity contribution in [2.45, 2.75) is 32.0 Å². The fraction of sp³-hybridized carbons (Fsp3) is 0.500. The van der Waals surface area contributed by atoms with E-state index in [0.29, 0.717) is 4.47 Å². The highest BCUT2D eigenvalue weighted by Crippen LogP contribution is 2.23. The Morgan fingerprint density at radius 2 is 2.00 bits per heavy atom. The third kappa shape index (κ3) is 5.35. The third-order valence-corrected chi connectivity index (χ3v) is 3.14. The minimum Gasteiger partial charge on any atom is -0.310 e. The molecular formula is C12H14BrF4N. The summed E-state index contributed by atoms with van der Waals surface area (Å²) >= 11 is 3.07. The van der Waals surface area contributed by atoms with Crippen molar-refractivity contribution >= 4 is 15.9 Å². The second kappa shape index (κ2) is 6.52. The lowest BCUT2D eigenvalue weighted by Gasteiger charge is -2.15.